The summed E-state index contributed by atoms with van der Waals surface area (Å²) in [4.78, 5) is 15.7. The van der Waals surface area contributed by atoms with Gasteiger partial charge < -0.3 is 9.64 Å². The number of alkyl halides is 3. The van der Waals surface area contributed by atoms with E-state index >= 15 is 0 Å². The lowest BCUT2D eigenvalue weighted by atomic mass is 9.63. The molecule has 0 spiro atoms. The van der Waals surface area contributed by atoms with Crippen molar-refractivity contribution in [3.8, 4) is 5.75 Å². The molecule has 3 nitrogen and oxygen atoms in total. The van der Waals surface area contributed by atoms with E-state index in [1.165, 1.54) is 17.7 Å². The molecule has 1 atom stereocenters. The van der Waals surface area contributed by atoms with Gasteiger partial charge in [-0.25, -0.2) is 0 Å². The molecule has 1 saturated heterocycles. The molecule has 2 fully saturated rings. The number of halogens is 3. The van der Waals surface area contributed by atoms with Gasteiger partial charge in [0.25, 0.3) is 0 Å². The summed E-state index contributed by atoms with van der Waals surface area (Å²) in [6.07, 6.45) is 1.41. The fraction of sp³-hybridized carbons (Fsp3) is 0.500. The Balaban J connectivity index is 1.41. The minimum Gasteiger partial charge on any atom is -0.493 e. The van der Waals surface area contributed by atoms with Crippen LogP contribution in [0.25, 0.3) is 0 Å². The van der Waals surface area contributed by atoms with Crippen molar-refractivity contribution >= 4 is 5.91 Å². The van der Waals surface area contributed by atoms with E-state index in [0.29, 0.717) is 18.9 Å². The van der Waals surface area contributed by atoms with Crippen LogP contribution in [0.2, 0.25) is 0 Å². The first-order valence-electron chi connectivity index (χ1n) is 11.4. The number of hydrogen-bond acceptors (Lipinski definition) is 2. The highest BCUT2D eigenvalue weighted by molar-refractivity contribution is 5.89. The van der Waals surface area contributed by atoms with Crippen molar-refractivity contribution < 1.29 is 22.7 Å². The highest BCUT2D eigenvalue weighted by atomic mass is 19.4. The SMILES string of the molecule is Cc1ccc(C2(C(=O)N3CCCCC(COc4ccc(C(F)(F)F)cc4)C3)CCC2)cc1. The Morgan fingerprint density at radius 1 is 1.03 bits per heavy atom. The Morgan fingerprint density at radius 3 is 2.31 bits per heavy atom. The molecule has 2 aliphatic rings. The van der Waals surface area contributed by atoms with Gasteiger partial charge in [-0.15, -0.1) is 0 Å². The number of carbonyl (C=O) groups is 1. The maximum absolute atomic E-state index is 13.7. The van der Waals surface area contributed by atoms with Gasteiger partial charge in [0.05, 0.1) is 17.6 Å². The average molecular weight is 446 g/mol. The number of hydrogen-bond donors (Lipinski definition) is 0. The molecule has 0 bridgehead atoms. The van der Waals surface area contributed by atoms with Crippen LogP contribution in [0.1, 0.15) is 55.2 Å². The first-order valence-corrected chi connectivity index (χ1v) is 11.4. The fourth-order valence-corrected chi connectivity index (χ4v) is 4.84. The van der Waals surface area contributed by atoms with Gasteiger partial charge in [-0.05, 0) is 62.4 Å². The molecule has 2 aromatic carbocycles. The van der Waals surface area contributed by atoms with Crippen LogP contribution in [0.4, 0.5) is 13.2 Å². The highest BCUT2D eigenvalue weighted by Crippen LogP contribution is 2.45. The van der Waals surface area contributed by atoms with Crippen molar-refractivity contribution in [3.63, 3.8) is 0 Å². The van der Waals surface area contributed by atoms with Crippen LogP contribution in [0.5, 0.6) is 5.75 Å². The Labute approximate surface area is 187 Å². The summed E-state index contributed by atoms with van der Waals surface area (Å²) in [6, 6.07) is 13.1. The summed E-state index contributed by atoms with van der Waals surface area (Å²) in [7, 11) is 0. The molecule has 1 aliphatic carbocycles. The maximum Gasteiger partial charge on any atom is 0.416 e. The summed E-state index contributed by atoms with van der Waals surface area (Å²) in [5, 5.41) is 0. The van der Waals surface area contributed by atoms with Crippen molar-refractivity contribution in [2.45, 2.75) is 57.0 Å². The molecule has 2 aromatic rings. The van der Waals surface area contributed by atoms with Crippen molar-refractivity contribution in [1.82, 2.24) is 4.90 Å². The Bertz CT molecular complexity index is 918. The summed E-state index contributed by atoms with van der Waals surface area (Å²) in [5.74, 6) is 0.808. The van der Waals surface area contributed by atoms with Crippen LogP contribution in [0, 0.1) is 12.8 Å². The number of amides is 1. The maximum atomic E-state index is 13.7. The highest BCUT2D eigenvalue weighted by Gasteiger charge is 2.48. The van der Waals surface area contributed by atoms with Crippen molar-refractivity contribution in [2.24, 2.45) is 5.92 Å². The summed E-state index contributed by atoms with van der Waals surface area (Å²) in [6.45, 7) is 3.83. The van der Waals surface area contributed by atoms with Crippen LogP contribution in [-0.2, 0) is 16.4 Å². The minimum absolute atomic E-state index is 0.166. The monoisotopic (exact) mass is 445 g/mol. The molecular weight excluding hydrogens is 415 g/mol. The lowest BCUT2D eigenvalue weighted by Gasteiger charge is -2.44. The molecular formula is C26H30F3NO2. The second-order valence-electron chi connectivity index (χ2n) is 9.25. The molecule has 0 aromatic heterocycles. The third-order valence-electron chi connectivity index (χ3n) is 6.94. The Hall–Kier alpha value is -2.50. The zero-order chi connectivity index (χ0) is 22.8. The van der Waals surface area contributed by atoms with Gasteiger partial charge in [0, 0.05) is 19.0 Å². The number of carbonyl (C=O) groups excluding carboxylic acids is 1. The molecule has 32 heavy (non-hydrogen) atoms. The first kappa shape index (κ1) is 22.7. The normalized spacial score (nSPS) is 20.9. The quantitative estimate of drug-likeness (QED) is 0.553. The van der Waals surface area contributed by atoms with E-state index in [2.05, 4.69) is 31.2 Å². The molecule has 0 N–H and O–H groups in total. The zero-order valence-corrected chi connectivity index (χ0v) is 18.5. The molecule has 0 radical (unpaired) electrons. The Morgan fingerprint density at radius 2 is 1.72 bits per heavy atom. The van der Waals surface area contributed by atoms with Crippen molar-refractivity contribution in [3.05, 3.63) is 65.2 Å². The molecule has 1 unspecified atom stereocenters. The van der Waals surface area contributed by atoms with Gasteiger partial charge >= 0.3 is 6.18 Å². The average Bonchev–Trinajstić information content (AvgIpc) is 2.98. The van der Waals surface area contributed by atoms with E-state index in [9.17, 15) is 18.0 Å². The van der Waals surface area contributed by atoms with E-state index in [-0.39, 0.29) is 11.8 Å². The standard InChI is InChI=1S/C26H30F3NO2/c1-19-6-8-21(9-7-19)25(14-4-15-25)24(31)30-16-3-2-5-20(17-30)18-32-23-12-10-22(11-13-23)26(27,28)29/h6-13,20H,2-5,14-18H2,1H3. The summed E-state index contributed by atoms with van der Waals surface area (Å²) in [5.41, 5.74) is 1.21. The van der Waals surface area contributed by atoms with E-state index in [0.717, 1.165) is 62.8 Å². The number of rotatable bonds is 5. The first-order chi connectivity index (χ1) is 15.3. The Kier molecular flexibility index (Phi) is 6.50. The number of ether oxygens (including phenoxy) is 1. The lowest BCUT2D eigenvalue weighted by molar-refractivity contribution is -0.141. The van der Waals surface area contributed by atoms with E-state index in [1.54, 1.807) is 0 Å². The smallest absolute Gasteiger partial charge is 0.416 e. The lowest BCUT2D eigenvalue weighted by Crippen LogP contribution is -2.52. The number of aryl methyl sites for hydroxylation is 1. The minimum atomic E-state index is -4.35. The van der Waals surface area contributed by atoms with Gasteiger partial charge in [-0.3, -0.25) is 4.79 Å². The topological polar surface area (TPSA) is 29.5 Å². The molecule has 4 rings (SSSR count). The molecule has 1 amide bonds. The van der Waals surface area contributed by atoms with E-state index in [1.807, 2.05) is 4.90 Å². The third-order valence-corrected chi connectivity index (χ3v) is 6.94. The molecule has 1 aliphatic heterocycles. The predicted octanol–water partition coefficient (Wildman–Crippen LogP) is 6.14. The van der Waals surface area contributed by atoms with E-state index in [4.69, 9.17) is 4.74 Å². The number of likely N-dealkylation sites (tertiary alicyclic amines) is 1. The molecule has 172 valence electrons. The molecule has 6 heteroatoms. The van der Waals surface area contributed by atoms with Gasteiger partial charge in [0.15, 0.2) is 0 Å². The zero-order valence-electron chi connectivity index (χ0n) is 18.5. The van der Waals surface area contributed by atoms with Crippen LogP contribution < -0.4 is 4.74 Å². The van der Waals surface area contributed by atoms with Gasteiger partial charge in [0.2, 0.25) is 5.91 Å². The second-order valence-corrected chi connectivity index (χ2v) is 9.25. The second kappa shape index (κ2) is 9.16. The number of benzene rings is 2. The fourth-order valence-electron chi connectivity index (χ4n) is 4.84. The van der Waals surface area contributed by atoms with Gasteiger partial charge in [-0.2, -0.15) is 13.2 Å². The predicted molar refractivity (Wildman–Crippen MR) is 118 cm³/mol. The van der Waals surface area contributed by atoms with Crippen molar-refractivity contribution in [1.29, 1.82) is 0 Å². The van der Waals surface area contributed by atoms with E-state index < -0.39 is 17.2 Å². The van der Waals surface area contributed by atoms with Crippen LogP contribution in [0.3, 0.4) is 0 Å². The summed E-state index contributed by atoms with van der Waals surface area (Å²) >= 11 is 0. The third kappa shape index (κ3) is 4.79. The molecule has 1 heterocycles. The number of nitrogens with zero attached hydrogens (tertiary/aromatic N) is 1. The summed E-state index contributed by atoms with van der Waals surface area (Å²) < 4.78 is 44.1. The van der Waals surface area contributed by atoms with Gasteiger partial charge in [0.1, 0.15) is 5.75 Å². The van der Waals surface area contributed by atoms with Gasteiger partial charge in [-0.1, -0.05) is 42.7 Å². The largest absolute Gasteiger partial charge is 0.493 e. The molecule has 1 saturated carbocycles. The van der Waals surface area contributed by atoms with Crippen LogP contribution in [0.15, 0.2) is 48.5 Å². The van der Waals surface area contributed by atoms with Crippen LogP contribution >= 0.6 is 0 Å². The van der Waals surface area contributed by atoms with Crippen molar-refractivity contribution in [2.75, 3.05) is 19.7 Å². The van der Waals surface area contributed by atoms with Crippen LogP contribution in [-0.4, -0.2) is 30.5 Å².